The molecular formula is C24H31N3O6. The highest BCUT2D eigenvalue weighted by Crippen LogP contribution is 2.39. The van der Waals surface area contributed by atoms with Gasteiger partial charge < -0.3 is 24.8 Å². The number of rotatable bonds is 6. The number of nitrogens with zero attached hydrogens (tertiary/aromatic N) is 1. The highest BCUT2D eigenvalue weighted by Gasteiger charge is 2.61. The molecular weight excluding hydrogens is 426 g/mol. The van der Waals surface area contributed by atoms with E-state index in [0.29, 0.717) is 24.4 Å². The van der Waals surface area contributed by atoms with Crippen LogP contribution in [0.3, 0.4) is 0 Å². The smallest absolute Gasteiger partial charge is 0.271 e. The van der Waals surface area contributed by atoms with Crippen molar-refractivity contribution in [2.24, 2.45) is 5.92 Å². The summed E-state index contributed by atoms with van der Waals surface area (Å²) in [7, 11) is 2.99. The molecule has 1 spiro atoms. The van der Waals surface area contributed by atoms with E-state index in [9.17, 15) is 14.4 Å². The van der Waals surface area contributed by atoms with Gasteiger partial charge in [-0.25, -0.2) is 0 Å². The van der Waals surface area contributed by atoms with Gasteiger partial charge in [-0.1, -0.05) is 44.2 Å². The van der Waals surface area contributed by atoms with E-state index in [1.165, 1.54) is 19.1 Å². The van der Waals surface area contributed by atoms with Crippen molar-refractivity contribution in [3.63, 3.8) is 0 Å². The maximum atomic E-state index is 14.1. The molecule has 3 amide bonds. The molecule has 4 rings (SSSR count). The number of hydrogen-bond donors (Lipinski definition) is 2. The van der Waals surface area contributed by atoms with Crippen LogP contribution in [0.4, 0.5) is 0 Å². The van der Waals surface area contributed by atoms with Crippen LogP contribution < -0.4 is 10.6 Å². The molecule has 5 atom stereocenters. The molecule has 1 aromatic rings. The quantitative estimate of drug-likeness (QED) is 0.626. The van der Waals surface area contributed by atoms with E-state index < -0.39 is 35.9 Å². The summed E-state index contributed by atoms with van der Waals surface area (Å²) in [4.78, 5) is 42.2. The minimum Gasteiger partial charge on any atom is -0.381 e. The van der Waals surface area contributed by atoms with E-state index in [1.54, 1.807) is 0 Å². The first-order chi connectivity index (χ1) is 15.8. The lowest BCUT2D eigenvalue weighted by atomic mass is 9.85. The predicted octanol–water partition coefficient (Wildman–Crippen LogP) is 1.44. The Kier molecular flexibility index (Phi) is 6.56. The van der Waals surface area contributed by atoms with Crippen LogP contribution in [-0.2, 0) is 35.0 Å². The zero-order chi connectivity index (χ0) is 23.8. The second kappa shape index (κ2) is 9.24. The van der Waals surface area contributed by atoms with E-state index >= 15 is 0 Å². The highest BCUT2D eigenvalue weighted by atomic mass is 16.7. The molecule has 9 heteroatoms. The van der Waals surface area contributed by atoms with Gasteiger partial charge in [-0.05, 0) is 17.9 Å². The monoisotopic (exact) mass is 457 g/mol. The number of carbonyl (C=O) groups excluding carboxylic acids is 3. The number of fused-ring (bicyclic) bond motifs is 1. The van der Waals surface area contributed by atoms with E-state index in [4.69, 9.17) is 14.2 Å². The molecule has 3 aliphatic rings. The fourth-order valence-corrected chi connectivity index (χ4v) is 4.68. The number of ether oxygens (including phenoxy) is 3. The molecule has 2 fully saturated rings. The average molecular weight is 458 g/mol. The van der Waals surface area contributed by atoms with Gasteiger partial charge in [0.25, 0.3) is 11.8 Å². The lowest BCUT2D eigenvalue weighted by Crippen LogP contribution is -2.73. The maximum absolute atomic E-state index is 14.1. The van der Waals surface area contributed by atoms with Crippen molar-refractivity contribution in [2.45, 2.75) is 63.6 Å². The molecule has 0 unspecified atom stereocenters. The number of methoxy groups -OCH3 is 2. The second-order valence-electron chi connectivity index (χ2n) is 8.80. The Morgan fingerprint density at radius 3 is 2.52 bits per heavy atom. The summed E-state index contributed by atoms with van der Waals surface area (Å²) in [6.07, 6.45) is 0.247. The number of benzene rings is 1. The predicted molar refractivity (Wildman–Crippen MR) is 118 cm³/mol. The van der Waals surface area contributed by atoms with Gasteiger partial charge in [0.05, 0.1) is 11.8 Å². The van der Waals surface area contributed by atoms with E-state index in [1.807, 2.05) is 44.2 Å². The summed E-state index contributed by atoms with van der Waals surface area (Å²) in [6.45, 7) is 3.92. The van der Waals surface area contributed by atoms with Crippen LogP contribution in [0.15, 0.2) is 41.8 Å². The molecule has 2 saturated heterocycles. The Morgan fingerprint density at radius 2 is 1.88 bits per heavy atom. The molecule has 0 aromatic heterocycles. The largest absolute Gasteiger partial charge is 0.381 e. The molecule has 0 aliphatic carbocycles. The third-order valence-electron chi connectivity index (χ3n) is 6.81. The number of allylic oxidation sites excluding steroid dienone is 1. The van der Waals surface area contributed by atoms with Crippen molar-refractivity contribution in [3.05, 3.63) is 47.4 Å². The van der Waals surface area contributed by atoms with Crippen LogP contribution in [0.2, 0.25) is 0 Å². The fourth-order valence-electron chi connectivity index (χ4n) is 4.68. The minimum atomic E-state index is -1.84. The summed E-state index contributed by atoms with van der Waals surface area (Å²) < 4.78 is 16.8. The summed E-state index contributed by atoms with van der Waals surface area (Å²) in [5.74, 6) is -1.18. The van der Waals surface area contributed by atoms with Crippen molar-refractivity contribution in [1.29, 1.82) is 0 Å². The molecule has 2 N–H and O–H groups in total. The van der Waals surface area contributed by atoms with E-state index in [-0.39, 0.29) is 18.2 Å². The molecule has 0 bridgehead atoms. The van der Waals surface area contributed by atoms with Crippen molar-refractivity contribution in [3.8, 4) is 0 Å². The second-order valence-corrected chi connectivity index (χ2v) is 8.80. The fraction of sp³-hybridized carbons (Fsp3) is 0.542. The van der Waals surface area contributed by atoms with Crippen LogP contribution in [0.25, 0.3) is 0 Å². The van der Waals surface area contributed by atoms with Gasteiger partial charge in [0, 0.05) is 33.5 Å². The van der Waals surface area contributed by atoms with E-state index in [2.05, 4.69) is 10.6 Å². The standard InChI is InChI=1S/C24H31N3O6/c1-5-14(2)19-20-26-22(29)24(13-16(31-3)12-18(32-4)33-24)23(30)27(20)17(21(28)25-19)11-15-9-7-6-8-10-15/h6-10,14,16-18H,5,11-13H2,1-4H3,(H,25,28)(H,26,29)/t14-,16-,17+,18+,24+/m0/s1. The minimum absolute atomic E-state index is 0.0378. The van der Waals surface area contributed by atoms with Crippen molar-refractivity contribution in [2.75, 3.05) is 14.2 Å². The van der Waals surface area contributed by atoms with Crippen LogP contribution in [-0.4, -0.2) is 60.9 Å². The van der Waals surface area contributed by atoms with E-state index in [0.717, 1.165) is 12.0 Å². The third kappa shape index (κ3) is 4.05. The van der Waals surface area contributed by atoms with Gasteiger partial charge in [-0.2, -0.15) is 0 Å². The summed E-state index contributed by atoms with van der Waals surface area (Å²) in [5.41, 5.74) is -0.404. The maximum Gasteiger partial charge on any atom is 0.271 e. The van der Waals surface area contributed by atoms with Crippen LogP contribution in [0.1, 0.15) is 38.7 Å². The summed E-state index contributed by atoms with van der Waals surface area (Å²) in [5, 5.41) is 5.85. The molecule has 1 aromatic carbocycles. The summed E-state index contributed by atoms with van der Waals surface area (Å²) in [6, 6.07) is 8.63. The normalized spacial score (nSPS) is 30.7. The summed E-state index contributed by atoms with van der Waals surface area (Å²) >= 11 is 0. The molecule has 33 heavy (non-hydrogen) atoms. The number of hydrogen-bond acceptors (Lipinski definition) is 6. The first-order valence-corrected chi connectivity index (χ1v) is 11.3. The zero-order valence-electron chi connectivity index (χ0n) is 19.4. The van der Waals surface area contributed by atoms with Crippen LogP contribution in [0.5, 0.6) is 0 Å². The van der Waals surface area contributed by atoms with Gasteiger partial charge in [-0.3, -0.25) is 19.3 Å². The topological polar surface area (TPSA) is 106 Å². The Balaban J connectivity index is 1.80. The lowest BCUT2D eigenvalue weighted by molar-refractivity contribution is -0.247. The SMILES string of the molecule is CC[C@H](C)C1=C2NC(=O)[C@]3(C[C@@H](OC)C[C@H](OC)O3)C(=O)N2[C@H](Cc2ccccc2)C(=O)N1. The van der Waals surface area contributed by atoms with Crippen molar-refractivity contribution >= 4 is 17.7 Å². The Hall–Kier alpha value is -2.75. The van der Waals surface area contributed by atoms with Gasteiger partial charge >= 0.3 is 0 Å². The van der Waals surface area contributed by atoms with Gasteiger partial charge in [0.15, 0.2) is 6.29 Å². The van der Waals surface area contributed by atoms with Crippen molar-refractivity contribution in [1.82, 2.24) is 15.5 Å². The van der Waals surface area contributed by atoms with Gasteiger partial charge in [0.2, 0.25) is 11.5 Å². The third-order valence-corrected chi connectivity index (χ3v) is 6.81. The van der Waals surface area contributed by atoms with Crippen molar-refractivity contribution < 1.29 is 28.6 Å². The first-order valence-electron chi connectivity index (χ1n) is 11.3. The number of carbonyl (C=O) groups is 3. The number of amides is 3. The average Bonchev–Trinajstić information content (AvgIpc) is 2.84. The highest BCUT2D eigenvalue weighted by molar-refractivity contribution is 6.13. The molecule has 0 radical (unpaired) electrons. The Morgan fingerprint density at radius 1 is 1.15 bits per heavy atom. The molecule has 9 nitrogen and oxygen atoms in total. The van der Waals surface area contributed by atoms with Gasteiger partial charge in [0.1, 0.15) is 11.9 Å². The first kappa shape index (κ1) is 23.4. The van der Waals surface area contributed by atoms with Crippen LogP contribution >= 0.6 is 0 Å². The van der Waals surface area contributed by atoms with Crippen LogP contribution in [0, 0.1) is 5.92 Å². The lowest BCUT2D eigenvalue weighted by Gasteiger charge is -2.50. The molecule has 0 saturated carbocycles. The molecule has 3 aliphatic heterocycles. The zero-order valence-corrected chi connectivity index (χ0v) is 19.4. The Labute approximate surface area is 193 Å². The molecule has 178 valence electrons. The molecule has 3 heterocycles. The number of nitrogens with one attached hydrogen (secondary N) is 2. The Bertz CT molecular complexity index is 950. The van der Waals surface area contributed by atoms with Gasteiger partial charge in [-0.15, -0.1) is 0 Å².